The third-order valence-corrected chi connectivity index (χ3v) is 5.97. The molecule has 0 amide bonds. The number of benzene rings is 1. The van der Waals surface area contributed by atoms with Gasteiger partial charge in [0.05, 0.1) is 23.8 Å². The number of nitrogens with zero attached hydrogens (tertiary/aromatic N) is 3. The summed E-state index contributed by atoms with van der Waals surface area (Å²) < 4.78 is 27.8. The predicted octanol–water partition coefficient (Wildman–Crippen LogP) is 3.84. The molecule has 7 heteroatoms. The zero-order valence-electron chi connectivity index (χ0n) is 16.5. The Morgan fingerprint density at radius 1 is 1.14 bits per heavy atom. The van der Waals surface area contributed by atoms with Gasteiger partial charge in [0.2, 0.25) is 0 Å². The van der Waals surface area contributed by atoms with Crippen molar-refractivity contribution in [1.29, 1.82) is 0 Å². The van der Waals surface area contributed by atoms with Crippen molar-refractivity contribution in [3.63, 3.8) is 0 Å². The van der Waals surface area contributed by atoms with Crippen molar-refractivity contribution in [2.75, 3.05) is 0 Å². The molecule has 6 nitrogen and oxygen atoms in total. The Balaban J connectivity index is 1.54. The molecule has 5 rings (SSSR count). The Bertz CT molecular complexity index is 1090. The molecule has 3 heterocycles. The van der Waals surface area contributed by atoms with Gasteiger partial charge in [-0.2, -0.15) is 0 Å². The largest absolute Gasteiger partial charge is 0.344 e. The number of fused-ring (bicyclic) bond motifs is 2. The van der Waals surface area contributed by atoms with Crippen LogP contribution in [0.1, 0.15) is 42.4 Å². The lowest BCUT2D eigenvalue weighted by Gasteiger charge is -2.24. The number of ketones is 1. The molecule has 150 valence electrons. The summed E-state index contributed by atoms with van der Waals surface area (Å²) in [6.45, 7) is 5.68. The van der Waals surface area contributed by atoms with Crippen LogP contribution in [0.5, 0.6) is 0 Å². The molecule has 0 N–H and O–H groups in total. The summed E-state index contributed by atoms with van der Waals surface area (Å²) in [7, 11) is 0. The molecule has 4 atom stereocenters. The normalized spacial score (nSPS) is 28.0. The lowest BCUT2D eigenvalue weighted by atomic mass is 9.94. The van der Waals surface area contributed by atoms with Crippen LogP contribution in [-0.4, -0.2) is 38.3 Å². The third-order valence-electron chi connectivity index (χ3n) is 5.97. The van der Waals surface area contributed by atoms with E-state index < -0.39 is 5.79 Å². The van der Waals surface area contributed by atoms with E-state index >= 15 is 0 Å². The number of Topliss-reactive ketones (excluding diaryl/α,β-unsaturated/α-hetero) is 1. The number of aryl methyl sites for hydroxylation is 1. The number of halogens is 1. The Labute approximate surface area is 167 Å². The average Bonchev–Trinajstić information content (AvgIpc) is 3.33. The fourth-order valence-electron chi connectivity index (χ4n) is 4.68. The summed E-state index contributed by atoms with van der Waals surface area (Å²) in [4.78, 5) is 22.0. The first-order valence-electron chi connectivity index (χ1n) is 9.77. The number of hydrogen-bond acceptors (Lipinski definition) is 5. The molecule has 0 radical (unpaired) electrons. The quantitative estimate of drug-likeness (QED) is 0.631. The number of carbonyl (C=O) groups is 1. The summed E-state index contributed by atoms with van der Waals surface area (Å²) >= 11 is 0. The van der Waals surface area contributed by atoms with Gasteiger partial charge >= 0.3 is 0 Å². The van der Waals surface area contributed by atoms with Crippen LogP contribution >= 0.6 is 0 Å². The van der Waals surface area contributed by atoms with Gasteiger partial charge < -0.3 is 14.0 Å². The number of hydrogen-bond donors (Lipinski definition) is 0. The fraction of sp³-hybridized carbons (Fsp3) is 0.409. The lowest BCUT2D eigenvalue weighted by Crippen LogP contribution is -2.30. The zero-order valence-corrected chi connectivity index (χ0v) is 16.5. The van der Waals surface area contributed by atoms with Crippen molar-refractivity contribution in [1.82, 2.24) is 14.5 Å². The van der Waals surface area contributed by atoms with Gasteiger partial charge in [0.1, 0.15) is 23.9 Å². The molecule has 1 aliphatic carbocycles. The number of carbonyl (C=O) groups excluding carboxylic acids is 1. The molecule has 1 aliphatic heterocycles. The minimum atomic E-state index is -0.775. The van der Waals surface area contributed by atoms with E-state index in [0.717, 1.165) is 16.7 Å². The molecular formula is C22H22FN3O3. The predicted molar refractivity (Wildman–Crippen MR) is 104 cm³/mol. The number of rotatable bonds is 3. The maximum absolute atomic E-state index is 13.3. The van der Waals surface area contributed by atoms with Crippen LogP contribution in [-0.2, 0) is 9.47 Å². The van der Waals surface area contributed by atoms with Gasteiger partial charge in [-0.15, -0.1) is 0 Å². The van der Waals surface area contributed by atoms with Gasteiger partial charge in [0.15, 0.2) is 11.6 Å². The second-order valence-electron chi connectivity index (χ2n) is 8.26. The van der Waals surface area contributed by atoms with Crippen molar-refractivity contribution >= 4 is 16.8 Å². The molecule has 1 saturated carbocycles. The summed E-state index contributed by atoms with van der Waals surface area (Å²) in [5.41, 5.74) is 2.22. The molecule has 2 aliphatic rings. The Morgan fingerprint density at radius 2 is 1.86 bits per heavy atom. The molecular weight excluding hydrogens is 373 g/mol. The van der Waals surface area contributed by atoms with E-state index in [4.69, 9.17) is 9.47 Å². The first-order chi connectivity index (χ1) is 13.8. The zero-order chi connectivity index (χ0) is 20.3. The van der Waals surface area contributed by atoms with Crippen molar-refractivity contribution in [2.24, 2.45) is 5.92 Å². The average molecular weight is 395 g/mol. The van der Waals surface area contributed by atoms with E-state index in [0.29, 0.717) is 12.0 Å². The molecule has 1 aromatic carbocycles. The highest BCUT2D eigenvalue weighted by Crippen LogP contribution is 2.48. The highest BCUT2D eigenvalue weighted by Gasteiger charge is 2.56. The van der Waals surface area contributed by atoms with Crippen molar-refractivity contribution in [3.8, 4) is 0 Å². The molecule has 0 spiro atoms. The molecule has 0 unspecified atom stereocenters. The Morgan fingerprint density at radius 3 is 2.62 bits per heavy atom. The Hall–Kier alpha value is -2.64. The van der Waals surface area contributed by atoms with Crippen LogP contribution in [0.25, 0.3) is 11.0 Å². The van der Waals surface area contributed by atoms with E-state index in [9.17, 15) is 9.18 Å². The van der Waals surface area contributed by atoms with Gasteiger partial charge in [0.25, 0.3) is 0 Å². The minimum Gasteiger partial charge on any atom is -0.344 e. The van der Waals surface area contributed by atoms with Crippen LogP contribution < -0.4 is 0 Å². The van der Waals surface area contributed by atoms with Crippen LogP contribution in [0.2, 0.25) is 0 Å². The summed E-state index contributed by atoms with van der Waals surface area (Å²) in [5.74, 6) is -1.56. The van der Waals surface area contributed by atoms with Gasteiger partial charge in [-0.05, 0) is 57.5 Å². The molecule has 2 fully saturated rings. The van der Waals surface area contributed by atoms with Gasteiger partial charge in [0, 0.05) is 17.1 Å². The Kier molecular flexibility index (Phi) is 4.08. The monoisotopic (exact) mass is 395 g/mol. The van der Waals surface area contributed by atoms with Crippen LogP contribution in [0.3, 0.4) is 0 Å². The van der Waals surface area contributed by atoms with Crippen molar-refractivity contribution < 1.29 is 18.7 Å². The number of ether oxygens (including phenoxy) is 2. The van der Waals surface area contributed by atoms with Crippen molar-refractivity contribution in [2.45, 2.75) is 51.2 Å². The van der Waals surface area contributed by atoms with E-state index in [2.05, 4.69) is 14.5 Å². The first kappa shape index (κ1) is 18.4. The highest BCUT2D eigenvalue weighted by molar-refractivity contribution is 5.98. The molecule has 1 saturated heterocycles. The standard InChI is InChI=1S/C22H22FN3O3/c1-12-15-8-9-26(21(15)25-11-24-12)17-10-16(19-20(17)29-22(2,3)28-19)18(27)13-4-6-14(23)7-5-13/h4-9,11,16-17,19-20H,10H2,1-3H3/t16-,17-,19-,20+/m1/s1. The first-order valence-corrected chi connectivity index (χ1v) is 9.77. The van der Waals surface area contributed by atoms with Crippen LogP contribution in [0, 0.1) is 18.7 Å². The minimum absolute atomic E-state index is 0.0499. The van der Waals surface area contributed by atoms with Crippen LogP contribution in [0.4, 0.5) is 4.39 Å². The highest BCUT2D eigenvalue weighted by atomic mass is 19.1. The SMILES string of the molecule is Cc1ncnc2c1ccn2[C@@H]1C[C@H](C(=O)c2ccc(F)cc2)[C@H]2OC(C)(C)O[C@H]21. The summed E-state index contributed by atoms with van der Waals surface area (Å²) in [5, 5.41) is 0.982. The topological polar surface area (TPSA) is 66.2 Å². The van der Waals surface area contributed by atoms with Crippen molar-refractivity contribution in [3.05, 3.63) is 59.9 Å². The number of aromatic nitrogens is 3. The molecule has 2 aromatic heterocycles. The van der Waals surface area contributed by atoms with E-state index in [1.165, 1.54) is 24.3 Å². The maximum atomic E-state index is 13.3. The second-order valence-corrected chi connectivity index (χ2v) is 8.26. The third kappa shape index (κ3) is 2.96. The summed E-state index contributed by atoms with van der Waals surface area (Å²) in [6.07, 6.45) is 3.46. The molecule has 29 heavy (non-hydrogen) atoms. The van der Waals surface area contributed by atoms with Gasteiger partial charge in [-0.1, -0.05) is 0 Å². The maximum Gasteiger partial charge on any atom is 0.168 e. The molecule has 3 aromatic rings. The second kappa shape index (κ2) is 6.43. The van der Waals surface area contributed by atoms with E-state index in [1.54, 1.807) is 6.33 Å². The summed E-state index contributed by atoms with van der Waals surface area (Å²) in [6, 6.07) is 7.59. The van der Waals surface area contributed by atoms with Gasteiger partial charge in [-0.25, -0.2) is 14.4 Å². The lowest BCUT2D eigenvalue weighted by molar-refractivity contribution is -0.158. The smallest absolute Gasteiger partial charge is 0.168 e. The van der Waals surface area contributed by atoms with E-state index in [1.807, 2.05) is 33.0 Å². The fourth-order valence-corrected chi connectivity index (χ4v) is 4.68. The van der Waals surface area contributed by atoms with Gasteiger partial charge in [-0.3, -0.25) is 4.79 Å². The van der Waals surface area contributed by atoms with Crippen LogP contribution in [0.15, 0.2) is 42.9 Å². The molecule has 0 bridgehead atoms. The van der Waals surface area contributed by atoms with E-state index in [-0.39, 0.29) is 35.8 Å².